The Bertz CT molecular complexity index is 323. The second-order valence-corrected chi connectivity index (χ2v) is 3.95. The second kappa shape index (κ2) is 5.31. The molecule has 0 aliphatic rings. The molecule has 0 spiro atoms. The van der Waals surface area contributed by atoms with Crippen LogP contribution in [0.4, 0.5) is 8.78 Å². The van der Waals surface area contributed by atoms with E-state index in [1.807, 2.05) is 0 Å². The molecular formula is C9H15F2N3O2. The van der Waals surface area contributed by atoms with Crippen LogP contribution in [-0.4, -0.2) is 29.8 Å². The fourth-order valence-corrected chi connectivity index (χ4v) is 0.953. The third kappa shape index (κ3) is 4.19. The molecule has 92 valence electrons. The average molecular weight is 235 g/mol. The minimum atomic E-state index is -2.45. The number of aromatic nitrogens is 2. The zero-order valence-electron chi connectivity index (χ0n) is 9.24. The quantitative estimate of drug-likeness (QED) is 0.747. The van der Waals surface area contributed by atoms with Crippen LogP contribution in [0.2, 0.25) is 0 Å². The van der Waals surface area contributed by atoms with Crippen LogP contribution in [0.25, 0.3) is 0 Å². The Labute approximate surface area is 92.0 Å². The van der Waals surface area contributed by atoms with Gasteiger partial charge in [-0.2, -0.15) is 4.98 Å². The normalized spacial score (nSPS) is 12.4. The first kappa shape index (κ1) is 13.0. The number of hydrogen-bond acceptors (Lipinski definition) is 5. The van der Waals surface area contributed by atoms with Crippen molar-refractivity contribution >= 4 is 0 Å². The van der Waals surface area contributed by atoms with Gasteiger partial charge in [0.2, 0.25) is 5.89 Å². The molecule has 0 aliphatic carbocycles. The van der Waals surface area contributed by atoms with E-state index in [2.05, 4.69) is 10.1 Å². The van der Waals surface area contributed by atoms with Gasteiger partial charge in [-0.05, 0) is 13.8 Å². The van der Waals surface area contributed by atoms with Crippen molar-refractivity contribution in [2.24, 2.45) is 5.73 Å². The van der Waals surface area contributed by atoms with E-state index in [1.165, 1.54) is 0 Å². The van der Waals surface area contributed by atoms with Crippen molar-refractivity contribution < 1.29 is 18.0 Å². The summed E-state index contributed by atoms with van der Waals surface area (Å²) in [6.45, 7) is 3.02. The summed E-state index contributed by atoms with van der Waals surface area (Å²) in [5, 5.41) is 3.67. The van der Waals surface area contributed by atoms with Gasteiger partial charge in [-0.25, -0.2) is 8.78 Å². The summed E-state index contributed by atoms with van der Waals surface area (Å²) in [5.74, 6) is 0.721. The predicted octanol–water partition coefficient (Wildman–Crippen LogP) is 1.09. The van der Waals surface area contributed by atoms with Gasteiger partial charge in [0.25, 0.3) is 6.43 Å². The molecule has 0 bridgehead atoms. The summed E-state index contributed by atoms with van der Waals surface area (Å²) in [5.41, 5.74) is 5.04. The fraction of sp³-hybridized carbons (Fsp3) is 0.778. The molecule has 16 heavy (non-hydrogen) atoms. The van der Waals surface area contributed by atoms with Crippen LogP contribution in [-0.2, 0) is 16.7 Å². The van der Waals surface area contributed by atoms with Crippen LogP contribution in [0.3, 0.4) is 0 Å². The smallest absolute Gasteiger partial charge is 0.261 e. The standard InChI is InChI=1S/C9H15F2N3O2/c1-9(2,12)8-13-7(14-16-8)3-4-15-5-6(10)11/h6H,3-5,12H2,1-2H3. The fourth-order valence-electron chi connectivity index (χ4n) is 0.953. The van der Waals surface area contributed by atoms with E-state index in [4.69, 9.17) is 15.0 Å². The number of hydrogen-bond donors (Lipinski definition) is 1. The highest BCUT2D eigenvalue weighted by Gasteiger charge is 2.22. The predicted molar refractivity (Wildman–Crippen MR) is 52.0 cm³/mol. The van der Waals surface area contributed by atoms with Crippen molar-refractivity contribution in [3.05, 3.63) is 11.7 Å². The topological polar surface area (TPSA) is 74.2 Å². The summed E-state index contributed by atoms with van der Waals surface area (Å²) in [7, 11) is 0. The van der Waals surface area contributed by atoms with E-state index < -0.39 is 18.6 Å². The summed E-state index contributed by atoms with van der Waals surface area (Å²) >= 11 is 0. The zero-order valence-corrected chi connectivity index (χ0v) is 9.24. The van der Waals surface area contributed by atoms with Crippen LogP contribution in [0.1, 0.15) is 25.6 Å². The summed E-state index contributed by atoms with van der Waals surface area (Å²) in [4.78, 5) is 4.03. The summed E-state index contributed by atoms with van der Waals surface area (Å²) in [6.07, 6.45) is -2.13. The van der Waals surface area contributed by atoms with Crippen LogP contribution in [0, 0.1) is 0 Å². The SMILES string of the molecule is CC(C)(N)c1nc(CCOCC(F)F)no1. The van der Waals surface area contributed by atoms with Gasteiger partial charge < -0.3 is 15.0 Å². The van der Waals surface area contributed by atoms with Gasteiger partial charge in [0.1, 0.15) is 6.61 Å². The minimum absolute atomic E-state index is 0.133. The molecule has 0 atom stereocenters. The van der Waals surface area contributed by atoms with Crippen molar-refractivity contribution in [1.82, 2.24) is 10.1 Å². The Morgan fingerprint density at radius 3 is 2.69 bits per heavy atom. The number of nitrogens with two attached hydrogens (primary N) is 1. The molecule has 0 fully saturated rings. The van der Waals surface area contributed by atoms with Gasteiger partial charge in [-0.1, -0.05) is 5.16 Å². The highest BCUT2D eigenvalue weighted by Crippen LogP contribution is 2.13. The number of nitrogens with zero attached hydrogens (tertiary/aromatic N) is 2. The first-order valence-corrected chi connectivity index (χ1v) is 4.87. The van der Waals surface area contributed by atoms with E-state index in [-0.39, 0.29) is 6.61 Å². The van der Waals surface area contributed by atoms with Crippen molar-refractivity contribution in [2.75, 3.05) is 13.2 Å². The molecule has 1 heterocycles. The van der Waals surface area contributed by atoms with Crippen LogP contribution in [0.15, 0.2) is 4.52 Å². The minimum Gasteiger partial charge on any atom is -0.375 e. The third-order valence-electron chi connectivity index (χ3n) is 1.73. The molecule has 0 aliphatic heterocycles. The molecule has 5 nitrogen and oxygen atoms in total. The second-order valence-electron chi connectivity index (χ2n) is 3.95. The molecule has 7 heteroatoms. The Balaban J connectivity index is 2.36. The van der Waals surface area contributed by atoms with E-state index in [9.17, 15) is 8.78 Å². The Kier molecular flexibility index (Phi) is 4.31. The molecular weight excluding hydrogens is 220 g/mol. The van der Waals surface area contributed by atoms with E-state index in [1.54, 1.807) is 13.8 Å². The maximum absolute atomic E-state index is 11.7. The number of ether oxygens (including phenoxy) is 1. The van der Waals surface area contributed by atoms with Crippen LogP contribution < -0.4 is 5.73 Å². The van der Waals surface area contributed by atoms with E-state index in [0.29, 0.717) is 18.1 Å². The van der Waals surface area contributed by atoms with Gasteiger partial charge >= 0.3 is 0 Å². The van der Waals surface area contributed by atoms with E-state index in [0.717, 1.165) is 0 Å². The maximum Gasteiger partial charge on any atom is 0.261 e. The van der Waals surface area contributed by atoms with Crippen molar-refractivity contribution in [1.29, 1.82) is 0 Å². The Hall–Kier alpha value is -1.08. The third-order valence-corrected chi connectivity index (χ3v) is 1.73. The lowest BCUT2D eigenvalue weighted by atomic mass is 10.1. The first-order valence-electron chi connectivity index (χ1n) is 4.87. The van der Waals surface area contributed by atoms with Gasteiger partial charge in [-0.15, -0.1) is 0 Å². The number of halogens is 2. The lowest BCUT2D eigenvalue weighted by molar-refractivity contribution is 0.0182. The molecule has 0 saturated heterocycles. The van der Waals surface area contributed by atoms with Crippen molar-refractivity contribution in [3.63, 3.8) is 0 Å². The molecule has 0 saturated carbocycles. The molecule has 0 unspecified atom stereocenters. The lowest BCUT2D eigenvalue weighted by Crippen LogP contribution is -2.29. The van der Waals surface area contributed by atoms with Gasteiger partial charge in [0, 0.05) is 6.42 Å². The lowest BCUT2D eigenvalue weighted by Gasteiger charge is -2.10. The Morgan fingerprint density at radius 2 is 2.19 bits per heavy atom. The largest absolute Gasteiger partial charge is 0.375 e. The van der Waals surface area contributed by atoms with Crippen molar-refractivity contribution in [2.45, 2.75) is 32.2 Å². The van der Waals surface area contributed by atoms with Gasteiger partial charge in [0.05, 0.1) is 12.1 Å². The van der Waals surface area contributed by atoms with Gasteiger partial charge in [-0.3, -0.25) is 0 Å². The van der Waals surface area contributed by atoms with E-state index >= 15 is 0 Å². The molecule has 0 radical (unpaired) electrons. The number of rotatable bonds is 6. The monoisotopic (exact) mass is 235 g/mol. The molecule has 0 amide bonds. The highest BCUT2D eigenvalue weighted by molar-refractivity contribution is 4.97. The average Bonchev–Trinajstić information content (AvgIpc) is 2.59. The molecule has 1 aromatic heterocycles. The zero-order chi connectivity index (χ0) is 12.2. The maximum atomic E-state index is 11.7. The Morgan fingerprint density at radius 1 is 1.50 bits per heavy atom. The van der Waals surface area contributed by atoms with Crippen LogP contribution >= 0.6 is 0 Å². The highest BCUT2D eigenvalue weighted by atomic mass is 19.3. The molecule has 2 N–H and O–H groups in total. The summed E-state index contributed by atoms with van der Waals surface area (Å²) in [6, 6.07) is 0. The van der Waals surface area contributed by atoms with Crippen molar-refractivity contribution in [3.8, 4) is 0 Å². The first-order chi connectivity index (χ1) is 7.39. The van der Waals surface area contributed by atoms with Gasteiger partial charge in [0.15, 0.2) is 5.82 Å². The molecule has 0 aromatic carbocycles. The molecule has 1 aromatic rings. The number of alkyl halides is 2. The molecule has 1 rings (SSSR count). The summed E-state index contributed by atoms with van der Waals surface area (Å²) < 4.78 is 33.1. The van der Waals surface area contributed by atoms with Crippen LogP contribution in [0.5, 0.6) is 0 Å².